The molecule has 0 aromatic heterocycles. The molecule has 0 aromatic rings. The van der Waals surface area contributed by atoms with Gasteiger partial charge in [-0.2, -0.15) is 12.7 Å². The molecule has 2 unspecified atom stereocenters. The highest BCUT2D eigenvalue weighted by molar-refractivity contribution is 7.87. The van der Waals surface area contributed by atoms with Gasteiger partial charge in [0.25, 0.3) is 0 Å². The minimum atomic E-state index is -3.80. The lowest BCUT2D eigenvalue weighted by atomic mass is 9.93. The minimum absolute atomic E-state index is 0.254. The zero-order valence-corrected chi connectivity index (χ0v) is 13.2. The number of carbonyl (C=O) groups is 1. The number of nitrogens with one attached hydrogen (secondary N) is 2. The predicted octanol–water partition coefficient (Wildman–Crippen LogP) is 0.687. The molecule has 0 aliphatic carbocycles. The van der Waals surface area contributed by atoms with Crippen molar-refractivity contribution in [1.29, 1.82) is 0 Å². The monoisotopic (exact) mass is 307 g/mol. The van der Waals surface area contributed by atoms with E-state index >= 15 is 0 Å². The lowest BCUT2D eigenvalue weighted by molar-refractivity contribution is 0.175. The van der Waals surface area contributed by atoms with Crippen LogP contribution >= 0.6 is 0 Å². The summed E-state index contributed by atoms with van der Waals surface area (Å²) in [5, 5.41) is 3.39. The molecule has 118 valence electrons. The number of amides is 1. The number of hydrogen-bond donors (Lipinski definition) is 2. The van der Waals surface area contributed by atoms with Crippen LogP contribution in [0.25, 0.3) is 0 Å². The van der Waals surface area contributed by atoms with Crippen molar-refractivity contribution < 1.29 is 17.9 Å². The lowest BCUT2D eigenvalue weighted by Crippen LogP contribution is -2.51. The Kier molecular flexibility index (Phi) is 6.70. The number of hydrogen-bond acceptors (Lipinski definition) is 5. The van der Waals surface area contributed by atoms with E-state index in [0.717, 1.165) is 32.9 Å². The van der Waals surface area contributed by atoms with Crippen LogP contribution in [0.15, 0.2) is 0 Å². The third-order valence-corrected chi connectivity index (χ3v) is 5.02. The first-order chi connectivity index (χ1) is 9.40. The Morgan fingerprint density at radius 2 is 2.20 bits per heavy atom. The molecular weight excluding hydrogens is 282 g/mol. The predicted molar refractivity (Wildman–Crippen MR) is 76.5 cm³/mol. The minimum Gasteiger partial charge on any atom is -0.452 e. The molecule has 1 aliphatic rings. The van der Waals surface area contributed by atoms with Gasteiger partial charge in [0.05, 0.1) is 7.11 Å². The van der Waals surface area contributed by atoms with Crippen LogP contribution in [0.1, 0.15) is 33.1 Å². The smallest absolute Gasteiger partial charge is 0.421 e. The third-order valence-electron chi connectivity index (χ3n) is 3.58. The second kappa shape index (κ2) is 7.80. The molecule has 0 radical (unpaired) electrons. The number of carbonyl (C=O) groups excluding carboxylic acids is 1. The maximum Gasteiger partial charge on any atom is 0.421 e. The van der Waals surface area contributed by atoms with E-state index in [1.807, 2.05) is 4.72 Å². The van der Waals surface area contributed by atoms with Gasteiger partial charge in [0.15, 0.2) is 0 Å². The van der Waals surface area contributed by atoms with Crippen molar-refractivity contribution >= 4 is 16.3 Å². The summed E-state index contributed by atoms with van der Waals surface area (Å²) < 4.78 is 31.6. The molecular formula is C12H25N3O4S. The summed E-state index contributed by atoms with van der Waals surface area (Å²) in [5.41, 5.74) is 0. The molecule has 1 saturated heterocycles. The van der Waals surface area contributed by atoms with Gasteiger partial charge in [-0.15, -0.1) is 0 Å². The van der Waals surface area contributed by atoms with E-state index in [2.05, 4.69) is 23.9 Å². The first kappa shape index (κ1) is 17.2. The Balaban J connectivity index is 2.61. The summed E-state index contributed by atoms with van der Waals surface area (Å²) in [7, 11) is -2.66. The molecule has 1 rings (SSSR count). The Bertz CT molecular complexity index is 413. The van der Waals surface area contributed by atoms with Crippen molar-refractivity contribution in [3.8, 4) is 0 Å². The second-order valence-corrected chi connectivity index (χ2v) is 6.77. The lowest BCUT2D eigenvalue weighted by Gasteiger charge is -2.35. The van der Waals surface area contributed by atoms with Gasteiger partial charge in [-0.1, -0.05) is 6.92 Å². The summed E-state index contributed by atoms with van der Waals surface area (Å²) in [6.45, 7) is 5.94. The average Bonchev–Trinajstić information content (AvgIpc) is 2.44. The van der Waals surface area contributed by atoms with Gasteiger partial charge in [0.1, 0.15) is 0 Å². The van der Waals surface area contributed by atoms with Gasteiger partial charge >= 0.3 is 16.3 Å². The van der Waals surface area contributed by atoms with Crippen LogP contribution in [0.4, 0.5) is 4.79 Å². The topological polar surface area (TPSA) is 87.7 Å². The van der Waals surface area contributed by atoms with Crippen molar-refractivity contribution in [3.63, 3.8) is 0 Å². The maximum atomic E-state index is 12.0. The van der Waals surface area contributed by atoms with Crippen LogP contribution in [0.2, 0.25) is 0 Å². The summed E-state index contributed by atoms with van der Waals surface area (Å²) in [6.07, 6.45) is 1.87. The van der Waals surface area contributed by atoms with Crippen LogP contribution in [0.3, 0.4) is 0 Å². The van der Waals surface area contributed by atoms with E-state index in [4.69, 9.17) is 0 Å². The molecule has 1 aliphatic heterocycles. The van der Waals surface area contributed by atoms with Gasteiger partial charge in [-0.25, -0.2) is 9.52 Å². The number of methoxy groups -OCH3 is 1. The van der Waals surface area contributed by atoms with Crippen LogP contribution in [-0.4, -0.2) is 51.6 Å². The summed E-state index contributed by atoms with van der Waals surface area (Å²) >= 11 is 0. The summed E-state index contributed by atoms with van der Waals surface area (Å²) in [5.74, 6) is 0.254. The quantitative estimate of drug-likeness (QED) is 0.754. The first-order valence-corrected chi connectivity index (χ1v) is 8.44. The Labute approximate surface area is 121 Å². The number of piperidine rings is 1. The van der Waals surface area contributed by atoms with E-state index < -0.39 is 16.3 Å². The molecule has 0 bridgehead atoms. The second-order valence-electron chi connectivity index (χ2n) is 5.10. The Hall–Kier alpha value is -0.860. The Morgan fingerprint density at radius 3 is 2.80 bits per heavy atom. The fourth-order valence-electron chi connectivity index (χ4n) is 2.35. The number of rotatable bonds is 6. The zero-order valence-electron chi connectivity index (χ0n) is 12.4. The molecule has 1 amide bonds. The van der Waals surface area contributed by atoms with Crippen molar-refractivity contribution in [1.82, 2.24) is 14.3 Å². The standard InChI is InChI=1S/C12H25N3O4S/c1-4-7-13-10(2)11-6-5-8-15(9-11)20(17,18)14-12(16)19-3/h10-11,13H,4-9H2,1-3H3,(H,14,16). The normalized spacial score (nSPS) is 22.2. The molecule has 0 aromatic carbocycles. The highest BCUT2D eigenvalue weighted by Gasteiger charge is 2.32. The van der Waals surface area contributed by atoms with Crippen molar-refractivity contribution in [2.45, 2.75) is 39.2 Å². The van der Waals surface area contributed by atoms with E-state index in [1.165, 1.54) is 4.31 Å². The van der Waals surface area contributed by atoms with Crippen LogP contribution in [0.5, 0.6) is 0 Å². The van der Waals surface area contributed by atoms with Crippen LogP contribution in [0, 0.1) is 5.92 Å². The van der Waals surface area contributed by atoms with Gasteiger partial charge < -0.3 is 10.1 Å². The maximum absolute atomic E-state index is 12.0. The number of nitrogens with zero attached hydrogens (tertiary/aromatic N) is 1. The summed E-state index contributed by atoms with van der Waals surface area (Å²) in [6, 6.07) is 0.256. The van der Waals surface area contributed by atoms with Crippen molar-refractivity contribution in [3.05, 3.63) is 0 Å². The van der Waals surface area contributed by atoms with Gasteiger partial charge in [0, 0.05) is 19.1 Å². The molecule has 20 heavy (non-hydrogen) atoms. The van der Waals surface area contributed by atoms with E-state index in [9.17, 15) is 13.2 Å². The first-order valence-electron chi connectivity index (χ1n) is 7.00. The molecule has 1 heterocycles. The summed E-state index contributed by atoms with van der Waals surface area (Å²) in [4.78, 5) is 11.1. The average molecular weight is 307 g/mol. The molecule has 2 N–H and O–H groups in total. The van der Waals surface area contributed by atoms with E-state index in [-0.39, 0.29) is 12.0 Å². The Morgan fingerprint density at radius 1 is 1.50 bits per heavy atom. The van der Waals surface area contributed by atoms with Gasteiger partial charge in [-0.05, 0) is 38.6 Å². The third kappa shape index (κ3) is 4.92. The number of ether oxygens (including phenoxy) is 1. The highest BCUT2D eigenvalue weighted by Crippen LogP contribution is 2.21. The van der Waals surface area contributed by atoms with Crippen LogP contribution in [-0.2, 0) is 14.9 Å². The fraction of sp³-hybridized carbons (Fsp3) is 0.917. The molecule has 7 nitrogen and oxygen atoms in total. The van der Waals surface area contributed by atoms with Crippen LogP contribution < -0.4 is 10.0 Å². The van der Waals surface area contributed by atoms with E-state index in [0.29, 0.717) is 13.1 Å². The van der Waals surface area contributed by atoms with Gasteiger partial charge in [0.2, 0.25) is 0 Å². The molecule has 0 spiro atoms. The molecule has 2 atom stereocenters. The fourth-order valence-corrected chi connectivity index (χ4v) is 3.53. The highest BCUT2D eigenvalue weighted by atomic mass is 32.2. The molecule has 8 heteroatoms. The molecule has 0 saturated carbocycles. The SMILES string of the molecule is CCCNC(C)C1CCCN(S(=O)(=O)NC(=O)OC)C1. The zero-order chi connectivity index (χ0) is 15.2. The largest absolute Gasteiger partial charge is 0.452 e. The van der Waals surface area contributed by atoms with E-state index in [1.54, 1.807) is 0 Å². The van der Waals surface area contributed by atoms with Crippen molar-refractivity contribution in [2.24, 2.45) is 5.92 Å². The van der Waals surface area contributed by atoms with Gasteiger partial charge in [-0.3, -0.25) is 0 Å². The van der Waals surface area contributed by atoms with Crippen molar-refractivity contribution in [2.75, 3.05) is 26.7 Å². The molecule has 1 fully saturated rings.